The summed E-state index contributed by atoms with van der Waals surface area (Å²) in [4.78, 5) is 4.08. The van der Waals surface area contributed by atoms with Gasteiger partial charge >= 0.3 is 0 Å². The number of nitrogens with one attached hydrogen (secondary N) is 1. The van der Waals surface area contributed by atoms with Crippen LogP contribution in [0.4, 0.5) is 13.2 Å². The number of halogens is 4. The molecular weight excluding hydrogens is 382 g/mol. The predicted molar refractivity (Wildman–Crippen MR) is 84.8 cm³/mol. The van der Waals surface area contributed by atoms with Gasteiger partial charge in [0, 0.05) is 13.1 Å². The van der Waals surface area contributed by atoms with Crippen molar-refractivity contribution < 1.29 is 13.2 Å². The van der Waals surface area contributed by atoms with Gasteiger partial charge in [0.2, 0.25) is 0 Å². The Labute approximate surface area is 133 Å². The number of benzene rings is 1. The highest BCUT2D eigenvalue weighted by atomic mass is 127. The fraction of sp³-hybridized carbons (Fsp3) is 0.462. The molecule has 20 heavy (non-hydrogen) atoms. The Kier molecular flexibility index (Phi) is 8.59. The number of rotatable bonds is 5. The van der Waals surface area contributed by atoms with Crippen molar-refractivity contribution in [3.63, 3.8) is 0 Å². The van der Waals surface area contributed by atoms with Gasteiger partial charge in [0.15, 0.2) is 23.4 Å². The lowest BCUT2D eigenvalue weighted by atomic mass is 10.1. The average Bonchev–Trinajstić information content (AvgIpc) is 2.33. The number of aliphatic imine (C=N–C) groups is 1. The summed E-state index contributed by atoms with van der Waals surface area (Å²) in [5.74, 6) is -3.12. The van der Waals surface area contributed by atoms with Gasteiger partial charge in [-0.05, 0) is 30.0 Å². The molecule has 0 radical (unpaired) electrons. The van der Waals surface area contributed by atoms with Gasteiger partial charge < -0.3 is 11.1 Å². The molecule has 0 fully saturated rings. The molecule has 0 aliphatic carbocycles. The van der Waals surface area contributed by atoms with Crippen LogP contribution in [0.5, 0.6) is 0 Å². The predicted octanol–water partition coefficient (Wildman–Crippen LogP) is 2.82. The van der Waals surface area contributed by atoms with Crippen molar-refractivity contribution in [1.29, 1.82) is 0 Å². The summed E-state index contributed by atoms with van der Waals surface area (Å²) in [7, 11) is 0. The lowest BCUT2D eigenvalue weighted by Gasteiger charge is -2.07. The largest absolute Gasteiger partial charge is 0.370 e. The summed E-state index contributed by atoms with van der Waals surface area (Å²) in [6, 6.07) is 1.95. The zero-order chi connectivity index (χ0) is 14.4. The first-order valence-corrected chi connectivity index (χ1v) is 6.07. The topological polar surface area (TPSA) is 50.4 Å². The Hall–Kier alpha value is -0.990. The van der Waals surface area contributed by atoms with Gasteiger partial charge in [-0.25, -0.2) is 13.2 Å². The van der Waals surface area contributed by atoms with Gasteiger partial charge in [-0.15, -0.1) is 24.0 Å². The van der Waals surface area contributed by atoms with E-state index in [9.17, 15) is 13.2 Å². The first-order valence-electron chi connectivity index (χ1n) is 6.07. The van der Waals surface area contributed by atoms with Crippen molar-refractivity contribution in [3.8, 4) is 0 Å². The van der Waals surface area contributed by atoms with Crippen LogP contribution in [0.1, 0.15) is 19.4 Å². The molecule has 0 heterocycles. The third kappa shape index (κ3) is 6.44. The minimum atomic E-state index is -1.45. The molecule has 7 heteroatoms. The zero-order valence-corrected chi connectivity index (χ0v) is 13.8. The summed E-state index contributed by atoms with van der Waals surface area (Å²) in [5, 5.41) is 2.83. The summed E-state index contributed by atoms with van der Waals surface area (Å²) >= 11 is 0. The smallest absolute Gasteiger partial charge is 0.194 e. The Bertz CT molecular complexity index is 441. The minimum Gasteiger partial charge on any atom is -0.370 e. The van der Waals surface area contributed by atoms with E-state index in [4.69, 9.17) is 5.73 Å². The van der Waals surface area contributed by atoms with Gasteiger partial charge in [0.1, 0.15) is 0 Å². The van der Waals surface area contributed by atoms with E-state index in [1.807, 2.05) is 13.8 Å². The van der Waals surface area contributed by atoms with Crippen LogP contribution in [0.2, 0.25) is 0 Å². The molecule has 3 nitrogen and oxygen atoms in total. The van der Waals surface area contributed by atoms with Gasteiger partial charge in [0.25, 0.3) is 0 Å². The van der Waals surface area contributed by atoms with Crippen LogP contribution in [0.15, 0.2) is 17.1 Å². The van der Waals surface area contributed by atoms with Crippen LogP contribution >= 0.6 is 24.0 Å². The molecule has 3 N–H and O–H groups in total. The second-order valence-corrected chi connectivity index (χ2v) is 4.67. The van der Waals surface area contributed by atoms with E-state index in [1.54, 1.807) is 0 Å². The fourth-order valence-electron chi connectivity index (χ4n) is 1.42. The Morgan fingerprint density at radius 2 is 1.80 bits per heavy atom. The van der Waals surface area contributed by atoms with E-state index in [2.05, 4.69) is 10.3 Å². The fourth-order valence-corrected chi connectivity index (χ4v) is 1.42. The maximum absolute atomic E-state index is 13.0. The molecule has 0 spiro atoms. The van der Waals surface area contributed by atoms with Crippen LogP contribution in [-0.4, -0.2) is 19.0 Å². The van der Waals surface area contributed by atoms with Gasteiger partial charge in [-0.3, -0.25) is 4.99 Å². The monoisotopic (exact) mass is 401 g/mol. The van der Waals surface area contributed by atoms with Gasteiger partial charge in [-0.2, -0.15) is 0 Å². The third-order valence-electron chi connectivity index (χ3n) is 2.39. The SMILES string of the molecule is CC(C)CN=C(N)NCCc1cc(F)c(F)c(F)c1.I. The molecule has 1 aromatic rings. The first kappa shape index (κ1) is 19.0. The van der Waals surface area contributed by atoms with Gasteiger partial charge in [0.05, 0.1) is 0 Å². The zero-order valence-electron chi connectivity index (χ0n) is 11.4. The Morgan fingerprint density at radius 3 is 2.30 bits per heavy atom. The lowest BCUT2D eigenvalue weighted by molar-refractivity contribution is 0.445. The highest BCUT2D eigenvalue weighted by Crippen LogP contribution is 2.13. The average molecular weight is 401 g/mol. The second kappa shape index (κ2) is 9.04. The lowest BCUT2D eigenvalue weighted by Crippen LogP contribution is -2.33. The molecule has 1 aromatic carbocycles. The van der Waals surface area contributed by atoms with Gasteiger partial charge in [-0.1, -0.05) is 13.8 Å². The van der Waals surface area contributed by atoms with Crippen LogP contribution in [-0.2, 0) is 6.42 Å². The number of hydrogen-bond donors (Lipinski definition) is 2. The highest BCUT2D eigenvalue weighted by Gasteiger charge is 2.10. The third-order valence-corrected chi connectivity index (χ3v) is 2.39. The molecule has 0 bridgehead atoms. The van der Waals surface area contributed by atoms with Crippen molar-refractivity contribution in [2.45, 2.75) is 20.3 Å². The molecule has 0 saturated heterocycles. The van der Waals surface area contributed by atoms with Crippen LogP contribution in [0.25, 0.3) is 0 Å². The maximum Gasteiger partial charge on any atom is 0.194 e. The minimum absolute atomic E-state index is 0. The first-order chi connectivity index (χ1) is 8.90. The van der Waals surface area contributed by atoms with E-state index >= 15 is 0 Å². The molecule has 114 valence electrons. The van der Waals surface area contributed by atoms with E-state index in [0.717, 1.165) is 12.1 Å². The number of hydrogen-bond acceptors (Lipinski definition) is 1. The van der Waals surface area contributed by atoms with Crippen molar-refractivity contribution in [1.82, 2.24) is 5.32 Å². The second-order valence-electron chi connectivity index (χ2n) is 4.67. The Morgan fingerprint density at radius 1 is 1.25 bits per heavy atom. The summed E-state index contributed by atoms with van der Waals surface area (Å²) in [6.07, 6.45) is 0.325. The van der Waals surface area contributed by atoms with Crippen LogP contribution < -0.4 is 11.1 Å². The van der Waals surface area contributed by atoms with Crippen molar-refractivity contribution in [2.24, 2.45) is 16.6 Å². The molecular formula is C13H19F3IN3. The maximum atomic E-state index is 13.0. The molecule has 0 unspecified atom stereocenters. The van der Waals surface area contributed by atoms with Crippen LogP contribution in [0.3, 0.4) is 0 Å². The summed E-state index contributed by atoms with van der Waals surface area (Å²) in [5.41, 5.74) is 5.96. The molecule has 0 aromatic heterocycles. The van der Waals surface area contributed by atoms with E-state index < -0.39 is 17.5 Å². The standard InChI is InChI=1S/C13H18F3N3.HI/c1-8(2)7-19-13(17)18-4-3-9-5-10(14)12(16)11(15)6-9;/h5-6,8H,3-4,7H2,1-2H3,(H3,17,18,19);1H. The molecule has 1 rings (SSSR count). The van der Waals surface area contributed by atoms with E-state index in [-0.39, 0.29) is 29.9 Å². The Balaban J connectivity index is 0.00000361. The number of nitrogens with two attached hydrogens (primary N) is 1. The molecule has 0 amide bonds. The van der Waals surface area contributed by atoms with E-state index in [1.165, 1.54) is 0 Å². The molecule has 0 aliphatic rings. The molecule has 0 saturated carbocycles. The van der Waals surface area contributed by atoms with Crippen molar-refractivity contribution >= 4 is 29.9 Å². The summed E-state index contributed by atoms with van der Waals surface area (Å²) in [6.45, 7) is 5.01. The normalized spacial score (nSPS) is 11.4. The quantitative estimate of drug-likeness (QED) is 0.345. The van der Waals surface area contributed by atoms with Crippen LogP contribution in [0, 0.1) is 23.4 Å². The molecule has 0 atom stereocenters. The number of nitrogens with zero attached hydrogens (tertiary/aromatic N) is 1. The van der Waals surface area contributed by atoms with E-state index in [0.29, 0.717) is 31.0 Å². The highest BCUT2D eigenvalue weighted by molar-refractivity contribution is 14.0. The van der Waals surface area contributed by atoms with Crippen molar-refractivity contribution in [3.05, 3.63) is 35.1 Å². The number of guanidine groups is 1. The molecule has 0 aliphatic heterocycles. The van der Waals surface area contributed by atoms with Crippen molar-refractivity contribution in [2.75, 3.05) is 13.1 Å². The summed E-state index contributed by atoms with van der Waals surface area (Å²) < 4.78 is 38.6.